The van der Waals surface area contributed by atoms with Gasteiger partial charge in [-0.3, -0.25) is 0 Å². The monoisotopic (exact) mass is 187 g/mol. The summed E-state index contributed by atoms with van der Waals surface area (Å²) in [6.07, 6.45) is 0.751. The van der Waals surface area contributed by atoms with E-state index in [1.165, 1.54) is 0 Å². The van der Waals surface area contributed by atoms with Gasteiger partial charge in [0.05, 0.1) is 53.2 Å². The summed E-state index contributed by atoms with van der Waals surface area (Å²) in [5, 5.41) is 3.68. The van der Waals surface area contributed by atoms with E-state index in [4.69, 9.17) is 4.74 Å². The quantitative estimate of drug-likeness (QED) is 0.442. The topological polar surface area (TPSA) is 21.3 Å². The third-order valence-electron chi connectivity index (χ3n) is 2.65. The normalized spacial score (nSPS) is 19.5. The molecule has 1 saturated heterocycles. The summed E-state index contributed by atoms with van der Waals surface area (Å²) in [5.41, 5.74) is 0. The standard InChI is InChI=1S/C6H19B6NO/c7-5(8,9)4(6(10,11)12)14-3-1-13-2-3/h3-4,13H,1-2,7-12H2. The van der Waals surface area contributed by atoms with Gasteiger partial charge in [-0.25, -0.2) is 0 Å². The Labute approximate surface area is 93.1 Å². The second kappa shape index (κ2) is 4.05. The summed E-state index contributed by atoms with van der Waals surface area (Å²) in [5.74, 6) is 0. The first-order valence-electron chi connectivity index (χ1n) is 5.57. The SMILES string of the molecule is BC(B)(B)C(OC1CNC1)C(B)(B)B. The second-order valence-corrected chi connectivity index (χ2v) is 6.53. The maximum absolute atomic E-state index is 6.15. The minimum absolute atomic E-state index is 0.216. The van der Waals surface area contributed by atoms with Gasteiger partial charge >= 0.3 is 0 Å². The molecule has 2 nitrogen and oxygen atoms in total. The Hall–Kier alpha value is 0.310. The third-order valence-corrected chi connectivity index (χ3v) is 2.65. The maximum Gasteiger partial charge on any atom is 0.0935 e. The molecule has 0 aromatic rings. The van der Waals surface area contributed by atoms with Gasteiger partial charge < -0.3 is 10.1 Å². The van der Waals surface area contributed by atoms with E-state index in [0.29, 0.717) is 12.2 Å². The molecule has 1 fully saturated rings. The fraction of sp³-hybridized carbons (Fsp3) is 1.00. The fourth-order valence-electron chi connectivity index (χ4n) is 2.26. The summed E-state index contributed by atoms with van der Waals surface area (Å²) >= 11 is 0. The van der Waals surface area contributed by atoms with Crippen molar-refractivity contribution in [2.24, 2.45) is 0 Å². The summed E-state index contributed by atoms with van der Waals surface area (Å²) in [6, 6.07) is 0. The minimum atomic E-state index is 0.216. The Morgan fingerprint density at radius 3 is 1.64 bits per heavy atom. The summed E-state index contributed by atoms with van der Waals surface area (Å²) in [6.45, 7) is 2.03. The van der Waals surface area contributed by atoms with E-state index in [2.05, 4.69) is 52.4 Å². The summed E-state index contributed by atoms with van der Waals surface area (Å²) < 4.78 is 6.15. The number of nitrogens with one attached hydrogen (secondary N) is 1. The Morgan fingerprint density at radius 1 is 1.00 bits per heavy atom. The molecule has 0 aromatic carbocycles. The first kappa shape index (κ1) is 12.4. The lowest BCUT2D eigenvalue weighted by molar-refractivity contribution is -0.0361. The molecule has 1 rings (SSSR count). The Balaban J connectivity index is 2.61. The zero-order chi connectivity index (χ0) is 11.0. The molecule has 0 aliphatic carbocycles. The molecule has 0 radical (unpaired) electrons. The van der Waals surface area contributed by atoms with Crippen LogP contribution >= 0.6 is 0 Å². The van der Waals surface area contributed by atoms with E-state index >= 15 is 0 Å². The molecule has 1 heterocycles. The molecule has 0 bridgehead atoms. The van der Waals surface area contributed by atoms with Crippen molar-refractivity contribution in [3.05, 3.63) is 0 Å². The van der Waals surface area contributed by atoms with Crippen molar-refractivity contribution in [1.29, 1.82) is 0 Å². The van der Waals surface area contributed by atoms with E-state index in [-0.39, 0.29) is 10.2 Å². The van der Waals surface area contributed by atoms with Gasteiger partial charge in [-0.05, 0) is 0 Å². The van der Waals surface area contributed by atoms with Crippen molar-refractivity contribution in [1.82, 2.24) is 5.32 Å². The van der Waals surface area contributed by atoms with Crippen LogP contribution in [0.2, 0.25) is 10.2 Å². The number of hydrogen-bond acceptors (Lipinski definition) is 2. The van der Waals surface area contributed by atoms with E-state index in [0.717, 1.165) is 13.1 Å². The predicted molar refractivity (Wildman–Crippen MR) is 78.2 cm³/mol. The van der Waals surface area contributed by atoms with Crippen molar-refractivity contribution in [2.75, 3.05) is 13.1 Å². The van der Waals surface area contributed by atoms with Gasteiger partial charge in [0, 0.05) is 19.2 Å². The lowest BCUT2D eigenvalue weighted by Gasteiger charge is -2.45. The van der Waals surface area contributed by atoms with Crippen molar-refractivity contribution < 1.29 is 4.74 Å². The van der Waals surface area contributed by atoms with Crippen LogP contribution in [0.25, 0.3) is 0 Å². The van der Waals surface area contributed by atoms with Gasteiger partial charge in [0.15, 0.2) is 0 Å². The van der Waals surface area contributed by atoms with Crippen LogP contribution in [0.1, 0.15) is 0 Å². The van der Waals surface area contributed by atoms with Crippen molar-refractivity contribution in [3.8, 4) is 0 Å². The number of rotatable bonds is 4. The van der Waals surface area contributed by atoms with E-state index in [1.54, 1.807) is 0 Å². The van der Waals surface area contributed by atoms with Crippen LogP contribution in [-0.4, -0.2) is 72.4 Å². The van der Waals surface area contributed by atoms with Crippen LogP contribution < -0.4 is 5.32 Å². The molecule has 72 valence electrons. The second-order valence-electron chi connectivity index (χ2n) is 6.53. The van der Waals surface area contributed by atoms with Gasteiger partial charge in [0.2, 0.25) is 0 Å². The average Bonchev–Trinajstić information content (AvgIpc) is 1.76. The van der Waals surface area contributed by atoms with Crippen molar-refractivity contribution >= 4 is 47.1 Å². The highest BCUT2D eigenvalue weighted by molar-refractivity contribution is 6.64. The average molecular weight is 186 g/mol. The molecule has 1 aliphatic heterocycles. The van der Waals surface area contributed by atoms with Crippen molar-refractivity contribution in [3.63, 3.8) is 0 Å². The molecule has 0 saturated carbocycles. The van der Waals surface area contributed by atoms with Gasteiger partial charge in [-0.15, -0.1) is 0 Å². The zero-order valence-electron chi connectivity index (χ0n) is 10.5. The van der Waals surface area contributed by atoms with Crippen LogP contribution in [0.3, 0.4) is 0 Å². The smallest absolute Gasteiger partial charge is 0.0935 e. The highest BCUT2D eigenvalue weighted by Gasteiger charge is 2.37. The molecule has 0 spiro atoms. The lowest BCUT2D eigenvalue weighted by atomic mass is 9.28. The number of ether oxygens (including phenoxy) is 1. The maximum atomic E-state index is 6.15. The van der Waals surface area contributed by atoms with E-state index in [9.17, 15) is 0 Å². The van der Waals surface area contributed by atoms with Crippen LogP contribution in [0.5, 0.6) is 0 Å². The first-order valence-corrected chi connectivity index (χ1v) is 5.57. The number of hydrogen-bond donors (Lipinski definition) is 1. The van der Waals surface area contributed by atoms with Gasteiger partial charge in [0.25, 0.3) is 0 Å². The van der Waals surface area contributed by atoms with Gasteiger partial charge in [0.1, 0.15) is 0 Å². The summed E-state index contributed by atoms with van der Waals surface area (Å²) in [4.78, 5) is 0. The fourth-order valence-corrected chi connectivity index (χ4v) is 2.26. The molecule has 0 unspecified atom stereocenters. The zero-order valence-corrected chi connectivity index (χ0v) is 10.5. The Kier molecular flexibility index (Phi) is 3.58. The molecular weight excluding hydrogens is 167 g/mol. The molecule has 0 amide bonds. The Bertz CT molecular complexity index is 181. The third kappa shape index (κ3) is 3.16. The molecular formula is C6H19B6NO. The van der Waals surface area contributed by atoms with Crippen LogP contribution in [0, 0.1) is 0 Å². The minimum Gasteiger partial charge on any atom is -0.376 e. The predicted octanol–water partition coefficient (Wildman–Crippen LogP) is -5.71. The first-order chi connectivity index (χ1) is 6.21. The van der Waals surface area contributed by atoms with Gasteiger partial charge in [-0.2, -0.15) is 0 Å². The summed E-state index contributed by atoms with van der Waals surface area (Å²) in [7, 11) is 13.6. The van der Waals surface area contributed by atoms with Gasteiger partial charge in [-0.1, -0.05) is 10.2 Å². The highest BCUT2D eigenvalue weighted by Crippen LogP contribution is 2.34. The molecule has 1 N–H and O–H groups in total. The Morgan fingerprint density at radius 2 is 1.43 bits per heavy atom. The van der Waals surface area contributed by atoms with Crippen LogP contribution in [-0.2, 0) is 4.74 Å². The highest BCUT2D eigenvalue weighted by atomic mass is 16.5. The largest absolute Gasteiger partial charge is 0.376 e. The van der Waals surface area contributed by atoms with Crippen LogP contribution in [0.4, 0.5) is 0 Å². The molecule has 0 atom stereocenters. The molecule has 0 aromatic heterocycles. The van der Waals surface area contributed by atoms with E-state index < -0.39 is 0 Å². The van der Waals surface area contributed by atoms with Crippen molar-refractivity contribution in [2.45, 2.75) is 22.4 Å². The van der Waals surface area contributed by atoms with Crippen LogP contribution in [0.15, 0.2) is 0 Å². The molecule has 14 heavy (non-hydrogen) atoms. The molecule has 1 aliphatic rings. The van der Waals surface area contributed by atoms with E-state index in [1.807, 2.05) is 0 Å². The lowest BCUT2D eigenvalue weighted by Crippen LogP contribution is -2.54. The molecule has 8 heteroatoms.